The van der Waals surface area contributed by atoms with Gasteiger partial charge in [0.15, 0.2) is 0 Å². The lowest BCUT2D eigenvalue weighted by Gasteiger charge is -2.26. The summed E-state index contributed by atoms with van der Waals surface area (Å²) in [6, 6.07) is 0. The fourth-order valence-corrected chi connectivity index (χ4v) is 3.36. The Morgan fingerprint density at radius 2 is 2.20 bits per heavy atom. The molecule has 1 fully saturated rings. The van der Waals surface area contributed by atoms with E-state index in [4.69, 9.17) is 11.6 Å². The first-order valence-corrected chi connectivity index (χ1v) is 8.16. The van der Waals surface area contributed by atoms with Gasteiger partial charge < -0.3 is 10.4 Å². The van der Waals surface area contributed by atoms with Crippen LogP contribution in [0.2, 0.25) is 5.02 Å². The van der Waals surface area contributed by atoms with E-state index in [2.05, 4.69) is 24.3 Å². The lowest BCUT2D eigenvalue weighted by Crippen LogP contribution is -2.29. The second-order valence-corrected chi connectivity index (χ2v) is 6.07. The summed E-state index contributed by atoms with van der Waals surface area (Å²) in [5, 5.41) is 18.5. The number of hydrogen-bond acceptors (Lipinski definition) is 3. The molecule has 0 saturated heterocycles. The van der Waals surface area contributed by atoms with Gasteiger partial charge in [0.05, 0.1) is 22.5 Å². The Labute approximate surface area is 126 Å². The highest BCUT2D eigenvalue weighted by atomic mass is 35.5. The Balaban J connectivity index is 1.88. The van der Waals surface area contributed by atoms with Crippen LogP contribution >= 0.6 is 11.6 Å². The number of aryl methyl sites for hydroxylation is 2. The SMILES string of the molecule is CCc1nn(CC)c(CNCC2CCCC(O)C2)c1Cl. The maximum atomic E-state index is 9.69. The molecular formula is C15H26ClN3O. The normalized spacial score (nSPS) is 23.2. The maximum Gasteiger partial charge on any atom is 0.0863 e. The standard InChI is InChI=1S/C15H26ClN3O/c1-3-13-15(16)14(19(4-2)18-13)10-17-9-11-6-5-7-12(20)8-11/h11-12,17,20H,3-10H2,1-2H3. The van der Waals surface area contributed by atoms with Gasteiger partial charge in [0.2, 0.25) is 0 Å². The van der Waals surface area contributed by atoms with E-state index >= 15 is 0 Å². The van der Waals surface area contributed by atoms with Crippen molar-refractivity contribution in [3.05, 3.63) is 16.4 Å². The highest BCUT2D eigenvalue weighted by molar-refractivity contribution is 6.31. The Kier molecular flexibility index (Phi) is 5.87. The van der Waals surface area contributed by atoms with Gasteiger partial charge in [-0.05, 0) is 45.1 Å². The van der Waals surface area contributed by atoms with Gasteiger partial charge in [0.1, 0.15) is 0 Å². The van der Waals surface area contributed by atoms with Crippen molar-refractivity contribution < 1.29 is 5.11 Å². The molecule has 2 rings (SSSR count). The average Bonchev–Trinajstić information content (AvgIpc) is 2.75. The van der Waals surface area contributed by atoms with Crippen LogP contribution in [0.1, 0.15) is 50.9 Å². The molecule has 4 nitrogen and oxygen atoms in total. The first-order valence-electron chi connectivity index (χ1n) is 7.78. The van der Waals surface area contributed by atoms with Gasteiger partial charge in [-0.2, -0.15) is 5.10 Å². The number of rotatable bonds is 6. The number of nitrogens with zero attached hydrogens (tertiary/aromatic N) is 2. The summed E-state index contributed by atoms with van der Waals surface area (Å²) in [4.78, 5) is 0. The van der Waals surface area contributed by atoms with Gasteiger partial charge in [-0.3, -0.25) is 4.68 Å². The zero-order valence-electron chi connectivity index (χ0n) is 12.5. The number of aromatic nitrogens is 2. The molecule has 1 aliphatic rings. The maximum absolute atomic E-state index is 9.69. The summed E-state index contributed by atoms with van der Waals surface area (Å²) in [6.45, 7) is 6.72. The van der Waals surface area contributed by atoms with Crippen molar-refractivity contribution in [3.63, 3.8) is 0 Å². The molecule has 0 radical (unpaired) electrons. The highest BCUT2D eigenvalue weighted by Crippen LogP contribution is 2.24. The van der Waals surface area contributed by atoms with Crippen LogP contribution in [0.5, 0.6) is 0 Å². The fraction of sp³-hybridized carbons (Fsp3) is 0.800. The highest BCUT2D eigenvalue weighted by Gasteiger charge is 2.20. The molecule has 2 atom stereocenters. The van der Waals surface area contributed by atoms with Crippen LogP contribution in [0.15, 0.2) is 0 Å². The second-order valence-electron chi connectivity index (χ2n) is 5.69. The molecule has 0 amide bonds. The largest absolute Gasteiger partial charge is 0.393 e. The Hall–Kier alpha value is -0.580. The van der Waals surface area contributed by atoms with Crippen molar-refractivity contribution in [1.82, 2.24) is 15.1 Å². The minimum absolute atomic E-state index is 0.105. The Bertz CT molecular complexity index is 433. The number of hydrogen-bond donors (Lipinski definition) is 2. The third-order valence-corrected chi connectivity index (χ3v) is 4.61. The van der Waals surface area contributed by atoms with E-state index in [-0.39, 0.29) is 6.10 Å². The summed E-state index contributed by atoms with van der Waals surface area (Å²) in [5.74, 6) is 0.584. The predicted molar refractivity (Wildman–Crippen MR) is 82.0 cm³/mol. The van der Waals surface area contributed by atoms with Gasteiger partial charge in [0, 0.05) is 13.1 Å². The molecule has 1 aliphatic carbocycles. The van der Waals surface area contributed by atoms with E-state index in [1.54, 1.807) is 0 Å². The van der Waals surface area contributed by atoms with Crippen molar-refractivity contribution >= 4 is 11.6 Å². The molecule has 20 heavy (non-hydrogen) atoms. The van der Waals surface area contributed by atoms with Crippen LogP contribution in [0.4, 0.5) is 0 Å². The first kappa shape index (κ1) is 15.8. The first-order chi connectivity index (χ1) is 9.65. The summed E-state index contributed by atoms with van der Waals surface area (Å²) in [6.07, 6.45) is 5.01. The van der Waals surface area contributed by atoms with Crippen molar-refractivity contribution in [2.45, 2.75) is 65.1 Å². The summed E-state index contributed by atoms with van der Waals surface area (Å²) in [7, 11) is 0. The molecular weight excluding hydrogens is 274 g/mol. The van der Waals surface area contributed by atoms with Crippen LogP contribution in [-0.2, 0) is 19.5 Å². The van der Waals surface area contributed by atoms with Gasteiger partial charge >= 0.3 is 0 Å². The van der Waals surface area contributed by atoms with Crippen molar-refractivity contribution in [3.8, 4) is 0 Å². The Morgan fingerprint density at radius 3 is 2.85 bits per heavy atom. The molecule has 1 aromatic rings. The molecule has 0 spiro atoms. The molecule has 0 bridgehead atoms. The number of aliphatic hydroxyl groups excluding tert-OH is 1. The summed E-state index contributed by atoms with van der Waals surface area (Å²) in [5.41, 5.74) is 2.07. The summed E-state index contributed by atoms with van der Waals surface area (Å²) < 4.78 is 1.99. The van der Waals surface area contributed by atoms with Crippen LogP contribution in [0.25, 0.3) is 0 Å². The van der Waals surface area contributed by atoms with Gasteiger partial charge in [-0.15, -0.1) is 0 Å². The van der Waals surface area contributed by atoms with Gasteiger partial charge in [0.25, 0.3) is 0 Å². The third-order valence-electron chi connectivity index (χ3n) is 4.17. The zero-order chi connectivity index (χ0) is 14.5. The molecule has 5 heteroatoms. The quantitative estimate of drug-likeness (QED) is 0.849. The molecule has 0 aromatic carbocycles. The van der Waals surface area contributed by atoms with Crippen molar-refractivity contribution in [1.29, 1.82) is 0 Å². The third kappa shape index (κ3) is 3.74. The topological polar surface area (TPSA) is 50.1 Å². The molecule has 2 unspecified atom stereocenters. The van der Waals surface area contributed by atoms with Crippen LogP contribution in [0.3, 0.4) is 0 Å². The zero-order valence-corrected chi connectivity index (χ0v) is 13.3. The van der Waals surface area contributed by atoms with E-state index in [1.807, 2.05) is 4.68 Å². The number of halogens is 1. The fourth-order valence-electron chi connectivity index (χ4n) is 3.03. The minimum atomic E-state index is -0.105. The molecule has 1 saturated carbocycles. The monoisotopic (exact) mass is 299 g/mol. The number of nitrogens with one attached hydrogen (secondary N) is 1. The second kappa shape index (κ2) is 7.43. The molecule has 114 valence electrons. The van der Waals surface area contributed by atoms with E-state index in [1.165, 1.54) is 6.42 Å². The van der Waals surface area contributed by atoms with E-state index < -0.39 is 0 Å². The van der Waals surface area contributed by atoms with Crippen LogP contribution in [0, 0.1) is 5.92 Å². The Morgan fingerprint density at radius 1 is 1.40 bits per heavy atom. The minimum Gasteiger partial charge on any atom is -0.393 e. The van der Waals surface area contributed by atoms with Crippen LogP contribution in [-0.4, -0.2) is 27.5 Å². The smallest absolute Gasteiger partial charge is 0.0863 e. The average molecular weight is 300 g/mol. The van der Waals surface area contributed by atoms with E-state index in [9.17, 15) is 5.11 Å². The van der Waals surface area contributed by atoms with Crippen LogP contribution < -0.4 is 5.32 Å². The van der Waals surface area contributed by atoms with Crippen molar-refractivity contribution in [2.75, 3.05) is 6.54 Å². The molecule has 1 heterocycles. The molecule has 1 aromatic heterocycles. The van der Waals surface area contributed by atoms with E-state index in [0.29, 0.717) is 5.92 Å². The lowest BCUT2D eigenvalue weighted by atomic mass is 9.87. The summed E-state index contributed by atoms with van der Waals surface area (Å²) >= 11 is 6.39. The van der Waals surface area contributed by atoms with Crippen molar-refractivity contribution in [2.24, 2.45) is 5.92 Å². The van der Waals surface area contributed by atoms with Gasteiger partial charge in [-0.1, -0.05) is 24.9 Å². The predicted octanol–water partition coefficient (Wildman–Crippen LogP) is 2.76. The van der Waals surface area contributed by atoms with Gasteiger partial charge in [-0.25, -0.2) is 0 Å². The lowest BCUT2D eigenvalue weighted by molar-refractivity contribution is 0.100. The number of aliphatic hydroxyl groups is 1. The molecule has 2 N–H and O–H groups in total. The van der Waals surface area contributed by atoms with E-state index in [0.717, 1.165) is 61.7 Å². The molecule has 0 aliphatic heterocycles.